The lowest BCUT2D eigenvalue weighted by Gasteiger charge is -2.42. The van der Waals surface area contributed by atoms with Crippen molar-refractivity contribution in [1.29, 1.82) is 0 Å². The van der Waals surface area contributed by atoms with E-state index in [0.717, 1.165) is 5.57 Å². The van der Waals surface area contributed by atoms with Crippen molar-refractivity contribution in [2.24, 2.45) is 5.92 Å². The fraction of sp³-hybridized carbons (Fsp3) is 0.600. The van der Waals surface area contributed by atoms with E-state index in [4.69, 9.17) is 4.52 Å². The van der Waals surface area contributed by atoms with E-state index in [1.807, 2.05) is 33.8 Å². The summed E-state index contributed by atoms with van der Waals surface area (Å²) in [5, 5.41) is 3.70. The number of carbonyl (C=O) groups is 3. The Morgan fingerprint density at radius 2 is 1.96 bits per heavy atom. The molecule has 0 radical (unpaired) electrons. The summed E-state index contributed by atoms with van der Waals surface area (Å²) in [4.78, 5) is 43.6. The monoisotopic (exact) mass is 388 g/mol. The van der Waals surface area contributed by atoms with Gasteiger partial charge in [-0.15, -0.1) is 0 Å². The third-order valence-electron chi connectivity index (χ3n) is 5.39. The van der Waals surface area contributed by atoms with Crippen molar-refractivity contribution in [2.75, 3.05) is 26.2 Å². The molecule has 0 N–H and O–H groups in total. The Morgan fingerprint density at radius 1 is 1.29 bits per heavy atom. The maximum Gasteiger partial charge on any atom is 0.327 e. The number of nitrogens with zero attached hydrogens (tertiary/aromatic N) is 4. The van der Waals surface area contributed by atoms with Crippen LogP contribution in [0.1, 0.15) is 51.0 Å². The van der Waals surface area contributed by atoms with Gasteiger partial charge in [0.1, 0.15) is 11.8 Å². The first-order chi connectivity index (χ1) is 13.3. The van der Waals surface area contributed by atoms with Gasteiger partial charge in [-0.3, -0.25) is 14.5 Å². The van der Waals surface area contributed by atoms with Gasteiger partial charge in [-0.2, -0.15) is 0 Å². The highest BCUT2D eigenvalue weighted by molar-refractivity contribution is 6.07. The fourth-order valence-electron chi connectivity index (χ4n) is 3.88. The summed E-state index contributed by atoms with van der Waals surface area (Å²) in [5.74, 6) is -0.117. The topological polar surface area (TPSA) is 87.0 Å². The van der Waals surface area contributed by atoms with Crippen LogP contribution in [0.25, 0.3) is 0 Å². The average molecular weight is 388 g/mol. The van der Waals surface area contributed by atoms with E-state index in [1.54, 1.807) is 9.80 Å². The van der Waals surface area contributed by atoms with Crippen molar-refractivity contribution in [3.63, 3.8) is 0 Å². The van der Waals surface area contributed by atoms with Gasteiger partial charge >= 0.3 is 6.03 Å². The summed E-state index contributed by atoms with van der Waals surface area (Å²) in [7, 11) is 0. The number of hydrogen-bond donors (Lipinski definition) is 0. The Balaban J connectivity index is 1.81. The number of urea groups is 1. The molecule has 1 spiro atoms. The van der Waals surface area contributed by atoms with Crippen LogP contribution in [-0.4, -0.2) is 69.4 Å². The molecular weight excluding hydrogens is 360 g/mol. The lowest BCUT2D eigenvalue weighted by molar-refractivity contribution is -0.135. The molecule has 0 bridgehead atoms. The van der Waals surface area contributed by atoms with Crippen LogP contribution in [0.15, 0.2) is 28.5 Å². The highest BCUT2D eigenvalue weighted by atomic mass is 16.5. The lowest BCUT2D eigenvalue weighted by Crippen LogP contribution is -2.58. The number of piperidine rings is 1. The molecule has 0 saturated carbocycles. The summed E-state index contributed by atoms with van der Waals surface area (Å²) in [6.45, 7) is 9.57. The Bertz CT molecular complexity index is 772. The molecule has 1 aromatic heterocycles. The molecule has 3 rings (SSSR count). The second-order valence-electron chi connectivity index (χ2n) is 8.19. The first-order valence-electron chi connectivity index (χ1n) is 9.73. The molecule has 2 aliphatic heterocycles. The number of aromatic nitrogens is 1. The SMILES string of the molecule is CC(C)=CCN1C(=O)N(CC(C)C)C2(CCN(C(=O)c3ccon3)CC2)C1=O. The molecule has 3 heterocycles. The van der Waals surface area contributed by atoms with Crippen LogP contribution in [0.2, 0.25) is 0 Å². The van der Waals surface area contributed by atoms with Crippen LogP contribution >= 0.6 is 0 Å². The normalized spacial score (nSPS) is 19.1. The molecule has 2 fully saturated rings. The number of likely N-dealkylation sites (tertiary alicyclic amines) is 1. The van der Waals surface area contributed by atoms with Crippen LogP contribution in [0, 0.1) is 5.92 Å². The Hall–Kier alpha value is -2.64. The molecule has 0 unspecified atom stereocenters. The maximum absolute atomic E-state index is 13.3. The molecule has 0 aliphatic carbocycles. The van der Waals surface area contributed by atoms with E-state index < -0.39 is 5.54 Å². The lowest BCUT2D eigenvalue weighted by atomic mass is 9.85. The molecular formula is C20H28N4O4. The number of amides is 4. The first-order valence-corrected chi connectivity index (χ1v) is 9.73. The van der Waals surface area contributed by atoms with E-state index in [9.17, 15) is 14.4 Å². The van der Waals surface area contributed by atoms with Gasteiger partial charge in [0.2, 0.25) is 0 Å². The summed E-state index contributed by atoms with van der Waals surface area (Å²) in [6.07, 6.45) is 4.12. The van der Waals surface area contributed by atoms with Crippen molar-refractivity contribution >= 4 is 17.8 Å². The maximum atomic E-state index is 13.3. The zero-order valence-electron chi connectivity index (χ0n) is 17.0. The summed E-state index contributed by atoms with van der Waals surface area (Å²) in [5.41, 5.74) is 0.455. The minimum atomic E-state index is -0.864. The zero-order valence-corrected chi connectivity index (χ0v) is 17.0. The molecule has 0 aromatic carbocycles. The predicted octanol–water partition coefficient (Wildman–Crippen LogP) is 2.54. The third kappa shape index (κ3) is 3.55. The van der Waals surface area contributed by atoms with Crippen LogP contribution in [-0.2, 0) is 4.79 Å². The summed E-state index contributed by atoms with van der Waals surface area (Å²) >= 11 is 0. The molecule has 2 saturated heterocycles. The largest absolute Gasteiger partial charge is 0.364 e. The highest BCUT2D eigenvalue weighted by Gasteiger charge is 2.57. The Morgan fingerprint density at radius 3 is 2.50 bits per heavy atom. The molecule has 8 nitrogen and oxygen atoms in total. The highest BCUT2D eigenvalue weighted by Crippen LogP contribution is 2.38. The van der Waals surface area contributed by atoms with E-state index in [-0.39, 0.29) is 36.0 Å². The number of allylic oxidation sites excluding steroid dienone is 1. The van der Waals surface area contributed by atoms with Gasteiger partial charge in [-0.1, -0.05) is 30.7 Å². The summed E-state index contributed by atoms with van der Waals surface area (Å²) < 4.78 is 4.76. The van der Waals surface area contributed by atoms with E-state index in [0.29, 0.717) is 32.5 Å². The molecule has 2 aliphatic rings. The van der Waals surface area contributed by atoms with Crippen molar-refractivity contribution in [1.82, 2.24) is 19.9 Å². The molecule has 28 heavy (non-hydrogen) atoms. The number of carbonyl (C=O) groups excluding carboxylic acids is 3. The summed E-state index contributed by atoms with van der Waals surface area (Å²) in [6, 6.07) is 1.30. The van der Waals surface area contributed by atoms with E-state index in [2.05, 4.69) is 5.16 Å². The van der Waals surface area contributed by atoms with Gasteiger partial charge in [0.15, 0.2) is 5.69 Å². The van der Waals surface area contributed by atoms with E-state index in [1.165, 1.54) is 17.2 Å². The average Bonchev–Trinajstić information content (AvgIpc) is 3.24. The molecule has 1 aromatic rings. The standard InChI is InChI=1S/C20H28N4O4/c1-14(2)5-9-23-18(26)20(24(19(23)27)13-15(3)4)7-10-22(11-8-20)17(25)16-6-12-28-21-16/h5-6,12,15H,7-11,13H2,1-4H3. The van der Waals surface area contributed by atoms with Gasteiger partial charge < -0.3 is 14.3 Å². The van der Waals surface area contributed by atoms with Gasteiger partial charge in [-0.05, 0) is 32.6 Å². The molecule has 8 heteroatoms. The van der Waals surface area contributed by atoms with Crippen LogP contribution in [0.5, 0.6) is 0 Å². The van der Waals surface area contributed by atoms with E-state index >= 15 is 0 Å². The predicted molar refractivity (Wildman–Crippen MR) is 102 cm³/mol. The molecule has 152 valence electrons. The molecule has 0 atom stereocenters. The van der Waals surface area contributed by atoms with Gasteiger partial charge in [-0.25, -0.2) is 4.79 Å². The second kappa shape index (κ2) is 7.77. The van der Waals surface area contributed by atoms with Crippen molar-refractivity contribution in [3.05, 3.63) is 29.7 Å². The van der Waals surface area contributed by atoms with Gasteiger partial charge in [0.05, 0.1) is 0 Å². The number of hydrogen-bond acceptors (Lipinski definition) is 5. The van der Waals surface area contributed by atoms with Crippen molar-refractivity contribution in [2.45, 2.75) is 46.1 Å². The quantitative estimate of drug-likeness (QED) is 0.571. The molecule has 4 amide bonds. The van der Waals surface area contributed by atoms with Gasteiger partial charge in [0, 0.05) is 32.2 Å². The van der Waals surface area contributed by atoms with Crippen LogP contribution < -0.4 is 0 Å². The van der Waals surface area contributed by atoms with Crippen LogP contribution in [0.4, 0.5) is 4.79 Å². The van der Waals surface area contributed by atoms with Crippen molar-refractivity contribution in [3.8, 4) is 0 Å². The fourth-order valence-corrected chi connectivity index (χ4v) is 3.88. The third-order valence-corrected chi connectivity index (χ3v) is 5.39. The second-order valence-corrected chi connectivity index (χ2v) is 8.19. The van der Waals surface area contributed by atoms with Crippen LogP contribution in [0.3, 0.4) is 0 Å². The Labute approximate surface area is 165 Å². The number of imide groups is 1. The van der Waals surface area contributed by atoms with Crippen molar-refractivity contribution < 1.29 is 18.9 Å². The minimum Gasteiger partial charge on any atom is -0.364 e. The minimum absolute atomic E-state index is 0.149. The Kier molecular flexibility index (Phi) is 5.58. The smallest absolute Gasteiger partial charge is 0.327 e. The first kappa shape index (κ1) is 20.1. The van der Waals surface area contributed by atoms with Gasteiger partial charge in [0.25, 0.3) is 11.8 Å². The zero-order chi connectivity index (χ0) is 20.5. The number of rotatable bonds is 5.